The first kappa shape index (κ1) is 19.6. The van der Waals surface area contributed by atoms with Crippen LogP contribution < -0.4 is 10.1 Å². The Morgan fingerprint density at radius 3 is 2.93 bits per heavy atom. The number of nitrogens with zero attached hydrogens (tertiary/aromatic N) is 1. The van der Waals surface area contributed by atoms with E-state index in [1.54, 1.807) is 12.3 Å². The van der Waals surface area contributed by atoms with E-state index in [1.165, 1.54) is 12.8 Å². The summed E-state index contributed by atoms with van der Waals surface area (Å²) in [5.41, 5.74) is 2.51. The van der Waals surface area contributed by atoms with Crippen LogP contribution >= 0.6 is 0 Å². The Labute approximate surface area is 166 Å². The number of nitrogens with one attached hydrogen (secondary N) is 1. The monoisotopic (exact) mass is 374 g/mol. The first-order chi connectivity index (χ1) is 13.8. The summed E-state index contributed by atoms with van der Waals surface area (Å²) in [4.78, 5) is 16.8. The second-order valence-corrected chi connectivity index (χ2v) is 6.67. The Morgan fingerprint density at radius 2 is 2.04 bits per heavy atom. The van der Waals surface area contributed by atoms with Gasteiger partial charge in [-0.25, -0.2) is 0 Å². The predicted octanol–water partition coefficient (Wildman–Crippen LogP) is 5.29. The van der Waals surface area contributed by atoms with Crippen molar-refractivity contribution in [2.24, 2.45) is 0 Å². The number of ether oxygens (including phenoxy) is 1. The molecule has 1 heterocycles. The van der Waals surface area contributed by atoms with E-state index < -0.39 is 0 Å². The van der Waals surface area contributed by atoms with E-state index in [-0.39, 0.29) is 5.91 Å². The zero-order valence-electron chi connectivity index (χ0n) is 16.2. The first-order valence-corrected chi connectivity index (χ1v) is 9.76. The van der Waals surface area contributed by atoms with Crippen LogP contribution in [0.25, 0.3) is 10.9 Å². The van der Waals surface area contributed by atoms with Crippen LogP contribution in [0.3, 0.4) is 0 Å². The van der Waals surface area contributed by atoms with Crippen molar-refractivity contribution in [3.8, 4) is 5.75 Å². The Bertz CT molecular complexity index is 950. The maximum absolute atomic E-state index is 12.5. The van der Waals surface area contributed by atoms with Crippen molar-refractivity contribution in [1.29, 1.82) is 0 Å². The highest BCUT2D eigenvalue weighted by atomic mass is 16.5. The van der Waals surface area contributed by atoms with E-state index in [9.17, 15) is 4.79 Å². The number of rotatable bonds is 9. The van der Waals surface area contributed by atoms with E-state index in [0.29, 0.717) is 18.7 Å². The topological polar surface area (TPSA) is 51.2 Å². The fourth-order valence-electron chi connectivity index (χ4n) is 2.90. The number of amides is 1. The van der Waals surface area contributed by atoms with Gasteiger partial charge in [0.15, 0.2) is 0 Å². The van der Waals surface area contributed by atoms with Crippen LogP contribution in [0.5, 0.6) is 5.75 Å². The quantitative estimate of drug-likeness (QED) is 0.409. The van der Waals surface area contributed by atoms with Crippen LogP contribution in [0.15, 0.2) is 72.9 Å². The number of hydrogen-bond acceptors (Lipinski definition) is 3. The van der Waals surface area contributed by atoms with E-state index in [0.717, 1.165) is 28.6 Å². The highest BCUT2D eigenvalue weighted by Gasteiger charge is 2.07. The van der Waals surface area contributed by atoms with Crippen molar-refractivity contribution in [3.05, 3.63) is 84.1 Å². The van der Waals surface area contributed by atoms with Gasteiger partial charge in [0.05, 0.1) is 5.52 Å². The van der Waals surface area contributed by atoms with Gasteiger partial charge in [0.25, 0.3) is 5.91 Å². The first-order valence-electron chi connectivity index (χ1n) is 9.76. The molecule has 1 aromatic heterocycles. The normalized spacial score (nSPS) is 11.0. The number of fused-ring (bicyclic) bond motifs is 1. The summed E-state index contributed by atoms with van der Waals surface area (Å²) < 4.78 is 5.76. The molecule has 0 aliphatic carbocycles. The molecule has 0 spiro atoms. The number of aromatic nitrogens is 1. The van der Waals surface area contributed by atoms with Gasteiger partial charge in [-0.1, -0.05) is 50.1 Å². The smallest absolute Gasteiger partial charge is 0.251 e. The lowest BCUT2D eigenvalue weighted by Crippen LogP contribution is -2.22. The van der Waals surface area contributed by atoms with E-state index in [4.69, 9.17) is 4.74 Å². The molecular formula is C24H26N2O2. The van der Waals surface area contributed by atoms with E-state index >= 15 is 0 Å². The molecule has 0 aliphatic rings. The van der Waals surface area contributed by atoms with Gasteiger partial charge in [0, 0.05) is 23.7 Å². The van der Waals surface area contributed by atoms with Crippen LogP contribution in [0.2, 0.25) is 0 Å². The third kappa shape index (κ3) is 5.68. The Morgan fingerprint density at radius 1 is 1.11 bits per heavy atom. The third-order valence-electron chi connectivity index (χ3n) is 4.45. The van der Waals surface area contributed by atoms with Gasteiger partial charge < -0.3 is 10.1 Å². The fourth-order valence-corrected chi connectivity index (χ4v) is 2.90. The number of unbranched alkanes of at least 4 members (excludes halogenated alkanes) is 2. The lowest BCUT2D eigenvalue weighted by atomic mass is 10.1. The van der Waals surface area contributed by atoms with Crippen molar-refractivity contribution >= 4 is 16.8 Å². The van der Waals surface area contributed by atoms with Crippen molar-refractivity contribution in [2.75, 3.05) is 6.61 Å². The molecular weight excluding hydrogens is 348 g/mol. The molecule has 1 amide bonds. The van der Waals surface area contributed by atoms with E-state index in [1.807, 2.05) is 48.5 Å². The lowest BCUT2D eigenvalue weighted by molar-refractivity contribution is 0.0951. The molecule has 0 aliphatic heterocycles. The number of hydrogen-bond donors (Lipinski definition) is 1. The largest absolute Gasteiger partial charge is 0.490 e. The second kappa shape index (κ2) is 10.3. The minimum absolute atomic E-state index is 0.101. The molecule has 0 fully saturated rings. The Hall–Kier alpha value is -3.14. The van der Waals surface area contributed by atoms with Crippen molar-refractivity contribution in [1.82, 2.24) is 10.3 Å². The van der Waals surface area contributed by atoms with Crippen molar-refractivity contribution in [2.45, 2.75) is 32.7 Å². The summed E-state index contributed by atoms with van der Waals surface area (Å²) >= 11 is 0. The van der Waals surface area contributed by atoms with Crippen LogP contribution in [-0.2, 0) is 6.54 Å². The molecule has 0 bridgehead atoms. The molecule has 4 heteroatoms. The van der Waals surface area contributed by atoms with Crippen molar-refractivity contribution < 1.29 is 9.53 Å². The minimum atomic E-state index is -0.101. The molecule has 0 radical (unpaired) electrons. The molecule has 28 heavy (non-hydrogen) atoms. The number of allylic oxidation sites excluding steroid dienone is 1. The van der Waals surface area contributed by atoms with Crippen LogP contribution in [-0.4, -0.2) is 17.5 Å². The molecule has 0 saturated carbocycles. The van der Waals surface area contributed by atoms with Crippen LogP contribution in [0, 0.1) is 0 Å². The van der Waals surface area contributed by atoms with Crippen molar-refractivity contribution in [3.63, 3.8) is 0 Å². The lowest BCUT2D eigenvalue weighted by Gasteiger charge is -2.08. The molecule has 1 N–H and O–H groups in total. The predicted molar refractivity (Wildman–Crippen MR) is 114 cm³/mol. The summed E-state index contributed by atoms with van der Waals surface area (Å²) in [7, 11) is 0. The summed E-state index contributed by atoms with van der Waals surface area (Å²) in [5, 5.41) is 3.92. The molecule has 4 nitrogen and oxygen atoms in total. The summed E-state index contributed by atoms with van der Waals surface area (Å²) in [5.74, 6) is 0.708. The average Bonchev–Trinajstić information content (AvgIpc) is 2.74. The Balaban J connectivity index is 1.53. The molecule has 0 atom stereocenters. The number of carbonyl (C=O) groups excluding carboxylic acids is 1. The molecule has 3 aromatic rings. The maximum Gasteiger partial charge on any atom is 0.251 e. The van der Waals surface area contributed by atoms with Gasteiger partial charge in [-0.2, -0.15) is 0 Å². The highest BCUT2D eigenvalue weighted by molar-refractivity contribution is 5.97. The molecule has 0 unspecified atom stereocenters. The molecule has 2 aromatic carbocycles. The molecule has 0 saturated heterocycles. The summed E-state index contributed by atoms with van der Waals surface area (Å²) in [6.07, 6.45) is 9.47. The standard InChI is InChI=1S/C24H26N2O2/c1-2-3-4-5-6-15-28-22-11-7-9-19(16-22)18-26-24(27)21-12-13-23-20(17-21)10-8-14-25-23/h5-14,16-17H,2-4,15,18H2,1H3,(H,26,27)/b6-5+. The zero-order valence-corrected chi connectivity index (χ0v) is 16.2. The highest BCUT2D eigenvalue weighted by Crippen LogP contribution is 2.15. The number of pyridine rings is 1. The third-order valence-corrected chi connectivity index (χ3v) is 4.45. The minimum Gasteiger partial charge on any atom is -0.490 e. The second-order valence-electron chi connectivity index (χ2n) is 6.67. The molecule has 3 rings (SSSR count). The number of carbonyl (C=O) groups is 1. The van der Waals surface area contributed by atoms with Crippen LogP contribution in [0.1, 0.15) is 42.1 Å². The van der Waals surface area contributed by atoms with Gasteiger partial charge in [-0.3, -0.25) is 9.78 Å². The van der Waals surface area contributed by atoms with Gasteiger partial charge in [-0.15, -0.1) is 0 Å². The SMILES string of the molecule is CCCC/C=C/COc1cccc(CNC(=O)c2ccc3ncccc3c2)c1. The fraction of sp³-hybridized carbons (Fsp3) is 0.250. The Kier molecular flexibility index (Phi) is 7.19. The van der Waals surface area contributed by atoms with E-state index in [2.05, 4.69) is 29.4 Å². The molecule has 144 valence electrons. The van der Waals surface area contributed by atoms with Crippen LogP contribution in [0.4, 0.5) is 0 Å². The summed E-state index contributed by atoms with van der Waals surface area (Å²) in [6.45, 7) is 3.20. The number of benzene rings is 2. The zero-order chi connectivity index (χ0) is 19.6. The van der Waals surface area contributed by atoms with Gasteiger partial charge >= 0.3 is 0 Å². The summed E-state index contributed by atoms with van der Waals surface area (Å²) in [6, 6.07) is 17.2. The van der Waals surface area contributed by atoms with Gasteiger partial charge in [0.1, 0.15) is 12.4 Å². The maximum atomic E-state index is 12.5. The van der Waals surface area contributed by atoms with Gasteiger partial charge in [-0.05, 0) is 48.4 Å². The van der Waals surface area contributed by atoms with Gasteiger partial charge in [0.2, 0.25) is 0 Å². The average molecular weight is 374 g/mol.